The van der Waals surface area contributed by atoms with Gasteiger partial charge in [-0.25, -0.2) is 0 Å². The summed E-state index contributed by atoms with van der Waals surface area (Å²) in [5, 5.41) is 6.88. The molecule has 1 atom stereocenters. The van der Waals surface area contributed by atoms with Crippen molar-refractivity contribution in [2.75, 3.05) is 33.3 Å². The number of hydrogen-bond donors (Lipinski definition) is 2. The Balaban J connectivity index is 0.00000341. The minimum atomic E-state index is -2.88. The van der Waals surface area contributed by atoms with Crippen molar-refractivity contribution >= 4 is 29.9 Å². The molecule has 176 valence electrons. The first-order chi connectivity index (χ1) is 14.6. The van der Waals surface area contributed by atoms with Gasteiger partial charge >= 0.3 is 6.61 Å². The van der Waals surface area contributed by atoms with Crippen LogP contribution < -0.4 is 20.1 Å². The smallest absolute Gasteiger partial charge is 0.387 e. The molecule has 9 heteroatoms. The zero-order valence-corrected chi connectivity index (χ0v) is 20.7. The number of benzene rings is 1. The molecule has 31 heavy (non-hydrogen) atoms. The summed E-state index contributed by atoms with van der Waals surface area (Å²) >= 11 is 0. The first kappa shape index (κ1) is 25.9. The molecule has 1 heterocycles. The molecule has 1 unspecified atom stereocenters. The summed E-state index contributed by atoms with van der Waals surface area (Å²) < 4.78 is 34.9. The number of nitrogens with one attached hydrogen (secondary N) is 2. The first-order valence-corrected chi connectivity index (χ1v) is 11.0. The van der Waals surface area contributed by atoms with Crippen molar-refractivity contribution in [3.63, 3.8) is 0 Å². The van der Waals surface area contributed by atoms with Crippen molar-refractivity contribution < 1.29 is 18.3 Å². The highest BCUT2D eigenvalue weighted by atomic mass is 127. The summed E-state index contributed by atoms with van der Waals surface area (Å²) in [5.74, 6) is 1.16. The molecule has 2 aliphatic rings. The molecule has 0 radical (unpaired) electrons. The fourth-order valence-corrected chi connectivity index (χ4v) is 4.38. The van der Waals surface area contributed by atoms with Crippen LogP contribution in [0.1, 0.15) is 44.6 Å². The summed E-state index contributed by atoms with van der Waals surface area (Å²) in [6.07, 6.45) is 7.14. The monoisotopic (exact) mass is 552 g/mol. The molecule has 2 fully saturated rings. The summed E-state index contributed by atoms with van der Waals surface area (Å²) in [4.78, 5) is 7.30. The predicted molar refractivity (Wildman–Crippen MR) is 130 cm³/mol. The molecule has 6 nitrogen and oxygen atoms in total. The number of hydrogen-bond acceptors (Lipinski definition) is 4. The van der Waals surface area contributed by atoms with E-state index in [9.17, 15) is 8.78 Å². The fourth-order valence-electron chi connectivity index (χ4n) is 4.38. The van der Waals surface area contributed by atoms with Gasteiger partial charge in [0.1, 0.15) is 0 Å². The van der Waals surface area contributed by atoms with Crippen molar-refractivity contribution in [1.82, 2.24) is 15.5 Å². The van der Waals surface area contributed by atoms with Crippen molar-refractivity contribution in [2.45, 2.75) is 64.1 Å². The normalized spacial score (nSPS) is 20.0. The maximum Gasteiger partial charge on any atom is 0.387 e. The SMILES string of the molecule is CCNC(=NCCc1ccc(OC)c(OC(F)F)c1)NC1CCN(C2CCCC2)C1.I. The number of ether oxygens (including phenoxy) is 2. The average Bonchev–Trinajstić information content (AvgIpc) is 3.40. The van der Waals surface area contributed by atoms with E-state index < -0.39 is 6.61 Å². The van der Waals surface area contributed by atoms with Gasteiger partial charge in [-0.05, 0) is 50.3 Å². The van der Waals surface area contributed by atoms with Gasteiger partial charge in [0.2, 0.25) is 0 Å². The molecule has 0 aromatic heterocycles. The van der Waals surface area contributed by atoms with Gasteiger partial charge in [0.05, 0.1) is 7.11 Å². The lowest BCUT2D eigenvalue weighted by atomic mass is 10.1. The van der Waals surface area contributed by atoms with Gasteiger partial charge in [-0.1, -0.05) is 18.9 Å². The second kappa shape index (κ2) is 13.2. The van der Waals surface area contributed by atoms with E-state index in [1.165, 1.54) is 32.8 Å². The van der Waals surface area contributed by atoms with E-state index in [0.29, 0.717) is 24.8 Å². The van der Waals surface area contributed by atoms with Crippen molar-refractivity contribution in [2.24, 2.45) is 4.99 Å². The number of rotatable bonds is 9. The Morgan fingerprint density at radius 1 is 1.23 bits per heavy atom. The molecular formula is C22H35F2IN4O2. The molecule has 1 aromatic rings. The number of nitrogens with zero attached hydrogens (tertiary/aromatic N) is 2. The summed E-state index contributed by atoms with van der Waals surface area (Å²) in [7, 11) is 1.43. The Hall–Kier alpha value is -1.36. The second-order valence-corrected chi connectivity index (χ2v) is 7.94. The number of aliphatic imine (C=N–C) groups is 1. The van der Waals surface area contributed by atoms with E-state index in [0.717, 1.165) is 43.6 Å². The third-order valence-corrected chi connectivity index (χ3v) is 5.86. The highest BCUT2D eigenvalue weighted by Crippen LogP contribution is 2.30. The van der Waals surface area contributed by atoms with Crippen LogP contribution in [0.2, 0.25) is 0 Å². The predicted octanol–water partition coefficient (Wildman–Crippen LogP) is 4.03. The van der Waals surface area contributed by atoms with Crippen LogP contribution in [0.5, 0.6) is 11.5 Å². The molecule has 1 aliphatic carbocycles. The molecule has 0 bridgehead atoms. The van der Waals surface area contributed by atoms with Gasteiger partial charge in [-0.2, -0.15) is 8.78 Å². The maximum absolute atomic E-state index is 12.6. The Bertz CT molecular complexity index is 702. The number of methoxy groups -OCH3 is 1. The Morgan fingerprint density at radius 3 is 2.68 bits per heavy atom. The largest absolute Gasteiger partial charge is 0.493 e. The second-order valence-electron chi connectivity index (χ2n) is 7.94. The molecule has 2 N–H and O–H groups in total. The summed E-state index contributed by atoms with van der Waals surface area (Å²) in [6.45, 7) is 2.73. The first-order valence-electron chi connectivity index (χ1n) is 11.0. The molecular weight excluding hydrogens is 517 g/mol. The highest BCUT2D eigenvalue weighted by molar-refractivity contribution is 14.0. The fraction of sp³-hybridized carbons (Fsp3) is 0.682. The molecule has 0 spiro atoms. The lowest BCUT2D eigenvalue weighted by Gasteiger charge is -2.24. The number of halogens is 3. The van der Waals surface area contributed by atoms with Gasteiger partial charge < -0.3 is 20.1 Å². The van der Waals surface area contributed by atoms with E-state index in [1.807, 2.05) is 13.0 Å². The van der Waals surface area contributed by atoms with E-state index in [4.69, 9.17) is 4.74 Å². The minimum Gasteiger partial charge on any atom is -0.493 e. The van der Waals surface area contributed by atoms with Crippen molar-refractivity contribution in [1.29, 1.82) is 0 Å². The quantitative estimate of drug-likeness (QED) is 0.276. The molecule has 0 amide bonds. The third kappa shape index (κ3) is 7.93. The molecule has 1 saturated carbocycles. The van der Waals surface area contributed by atoms with Crippen LogP contribution in [0.25, 0.3) is 0 Å². The molecule has 1 aliphatic heterocycles. The molecule has 3 rings (SSSR count). The van der Waals surface area contributed by atoms with E-state index in [-0.39, 0.29) is 29.7 Å². The van der Waals surface area contributed by atoms with Crippen LogP contribution in [0, 0.1) is 0 Å². The van der Waals surface area contributed by atoms with Gasteiger partial charge in [0.25, 0.3) is 0 Å². The van der Waals surface area contributed by atoms with E-state index >= 15 is 0 Å². The highest BCUT2D eigenvalue weighted by Gasteiger charge is 2.30. The average molecular weight is 552 g/mol. The standard InChI is InChI=1S/C22H34F2N4O2.HI/c1-3-25-22(27-17-11-13-28(15-17)18-6-4-5-7-18)26-12-10-16-8-9-19(29-2)20(14-16)30-21(23)24;/h8-9,14,17-18,21H,3-7,10-13,15H2,1-2H3,(H2,25,26,27);1H. The Kier molecular flexibility index (Phi) is 11.1. The van der Waals surface area contributed by atoms with Gasteiger partial charge in [-0.3, -0.25) is 9.89 Å². The van der Waals surface area contributed by atoms with Gasteiger partial charge in [0, 0.05) is 38.3 Å². The Morgan fingerprint density at radius 2 is 2.00 bits per heavy atom. The van der Waals surface area contributed by atoms with Crippen LogP contribution in [0.15, 0.2) is 23.2 Å². The van der Waals surface area contributed by atoms with Crippen LogP contribution in [-0.2, 0) is 6.42 Å². The Labute approximate surface area is 201 Å². The van der Waals surface area contributed by atoms with Crippen molar-refractivity contribution in [3.05, 3.63) is 23.8 Å². The topological polar surface area (TPSA) is 58.1 Å². The number of alkyl halides is 2. The van der Waals surface area contributed by atoms with Crippen LogP contribution >= 0.6 is 24.0 Å². The van der Waals surface area contributed by atoms with Gasteiger partial charge in [-0.15, -0.1) is 24.0 Å². The van der Waals surface area contributed by atoms with Crippen LogP contribution in [0.4, 0.5) is 8.78 Å². The minimum absolute atomic E-state index is 0. The third-order valence-electron chi connectivity index (χ3n) is 5.86. The van der Waals surface area contributed by atoms with Crippen molar-refractivity contribution in [3.8, 4) is 11.5 Å². The number of likely N-dealkylation sites (tertiary alicyclic amines) is 1. The van der Waals surface area contributed by atoms with Crippen LogP contribution in [0.3, 0.4) is 0 Å². The maximum atomic E-state index is 12.6. The van der Waals surface area contributed by atoms with E-state index in [1.54, 1.807) is 12.1 Å². The molecule has 1 saturated heterocycles. The zero-order valence-electron chi connectivity index (χ0n) is 18.4. The van der Waals surface area contributed by atoms with Crippen LogP contribution in [-0.4, -0.2) is 62.8 Å². The van der Waals surface area contributed by atoms with E-state index in [2.05, 4.69) is 25.3 Å². The zero-order chi connectivity index (χ0) is 21.3. The summed E-state index contributed by atoms with van der Waals surface area (Å²) in [6, 6.07) is 6.27. The number of guanidine groups is 1. The lowest BCUT2D eigenvalue weighted by molar-refractivity contribution is -0.0512. The molecule has 1 aromatic carbocycles. The lowest BCUT2D eigenvalue weighted by Crippen LogP contribution is -2.45. The van der Waals surface area contributed by atoms with Gasteiger partial charge in [0.15, 0.2) is 17.5 Å². The summed E-state index contributed by atoms with van der Waals surface area (Å²) in [5.41, 5.74) is 0.874.